The van der Waals surface area contributed by atoms with E-state index in [9.17, 15) is 0 Å². The second kappa shape index (κ2) is 33.1. The number of unbranched alkanes of at least 4 members (excludes halogenated alkanes) is 8. The third kappa shape index (κ3) is 25.2. The maximum absolute atomic E-state index is 7.06. The van der Waals surface area contributed by atoms with Crippen LogP contribution in [0.3, 0.4) is 0 Å². The first kappa shape index (κ1) is 45.6. The standard InChI is InChI=1S/4C10H21O.Ti/c4*1-3-5-6-8-10(9-11)7-4-2;/h4*10H,3-9H2,1-2H3;/q4*-1;+4. The van der Waals surface area contributed by atoms with Gasteiger partial charge in [0.25, 0.3) is 0 Å². The van der Waals surface area contributed by atoms with Crippen molar-refractivity contribution in [3.63, 3.8) is 0 Å². The summed E-state index contributed by atoms with van der Waals surface area (Å²) < 4.78 is 28.2. The quantitative estimate of drug-likeness (QED) is 0.0489. The third-order valence-corrected chi connectivity index (χ3v) is 12.9. The molecule has 0 spiro atoms. The molecule has 45 heavy (non-hydrogen) atoms. The van der Waals surface area contributed by atoms with Crippen LogP contribution in [0.15, 0.2) is 0 Å². The van der Waals surface area contributed by atoms with E-state index in [-0.39, 0.29) is 0 Å². The Morgan fingerprint density at radius 1 is 0.289 bits per heavy atom. The molecular formula is C40H84O4Ti. The van der Waals surface area contributed by atoms with Crippen LogP contribution in [-0.2, 0) is 31.4 Å². The molecule has 0 aliphatic rings. The Kier molecular flexibility index (Phi) is 33.5. The molecule has 0 heterocycles. The van der Waals surface area contributed by atoms with E-state index in [1.807, 2.05) is 0 Å². The maximum atomic E-state index is 7.06. The normalized spacial score (nSPS) is 16.0. The van der Waals surface area contributed by atoms with Crippen LogP contribution in [0.4, 0.5) is 0 Å². The van der Waals surface area contributed by atoms with E-state index in [0.29, 0.717) is 23.7 Å². The van der Waals surface area contributed by atoms with Gasteiger partial charge in [-0.1, -0.05) is 0 Å². The molecule has 0 aromatic rings. The second-order valence-corrected chi connectivity index (χ2v) is 17.7. The average Bonchev–Trinajstić information content (AvgIpc) is 3.04. The van der Waals surface area contributed by atoms with Gasteiger partial charge in [0.1, 0.15) is 0 Å². The molecule has 4 nitrogen and oxygen atoms in total. The van der Waals surface area contributed by atoms with Crippen molar-refractivity contribution >= 4 is 0 Å². The van der Waals surface area contributed by atoms with Crippen LogP contribution in [0.2, 0.25) is 0 Å². The van der Waals surface area contributed by atoms with Gasteiger partial charge in [0.05, 0.1) is 0 Å². The molecule has 5 heteroatoms. The van der Waals surface area contributed by atoms with Crippen LogP contribution in [0.5, 0.6) is 0 Å². The zero-order chi connectivity index (χ0) is 33.4. The minimum atomic E-state index is -4.04. The van der Waals surface area contributed by atoms with Crippen LogP contribution in [-0.4, -0.2) is 26.4 Å². The van der Waals surface area contributed by atoms with Crippen LogP contribution in [0.25, 0.3) is 0 Å². The van der Waals surface area contributed by atoms with E-state index in [1.165, 1.54) is 154 Å². The summed E-state index contributed by atoms with van der Waals surface area (Å²) in [6.07, 6.45) is 30.0. The van der Waals surface area contributed by atoms with Gasteiger partial charge in [-0.3, -0.25) is 0 Å². The molecule has 0 bridgehead atoms. The topological polar surface area (TPSA) is 36.9 Å². The van der Waals surface area contributed by atoms with Gasteiger partial charge < -0.3 is 0 Å². The molecule has 0 aliphatic heterocycles. The van der Waals surface area contributed by atoms with Gasteiger partial charge in [0, 0.05) is 0 Å². The summed E-state index contributed by atoms with van der Waals surface area (Å²) in [5.41, 5.74) is 0. The summed E-state index contributed by atoms with van der Waals surface area (Å²) in [6.45, 7) is 21.4. The van der Waals surface area contributed by atoms with Crippen molar-refractivity contribution in [3.05, 3.63) is 0 Å². The Bertz CT molecular complexity index is 487. The third-order valence-electron chi connectivity index (χ3n) is 9.63. The fraction of sp³-hybridized carbons (Fsp3) is 1.00. The molecule has 4 unspecified atom stereocenters. The number of hydrogen-bond donors (Lipinski definition) is 0. The van der Waals surface area contributed by atoms with E-state index in [0.717, 1.165) is 26.4 Å². The molecule has 0 rings (SSSR count). The van der Waals surface area contributed by atoms with Crippen molar-refractivity contribution in [3.8, 4) is 0 Å². The van der Waals surface area contributed by atoms with Crippen molar-refractivity contribution in [1.29, 1.82) is 0 Å². The molecule has 272 valence electrons. The Labute approximate surface area is 289 Å². The van der Waals surface area contributed by atoms with Crippen molar-refractivity contribution in [2.75, 3.05) is 26.4 Å². The first-order valence-corrected chi connectivity index (χ1v) is 23.1. The molecule has 0 saturated heterocycles. The molecule has 0 saturated carbocycles. The van der Waals surface area contributed by atoms with E-state index < -0.39 is 18.1 Å². The van der Waals surface area contributed by atoms with E-state index in [4.69, 9.17) is 13.3 Å². The van der Waals surface area contributed by atoms with Gasteiger partial charge >= 0.3 is 291 Å². The molecule has 0 aliphatic carbocycles. The van der Waals surface area contributed by atoms with Crippen LogP contribution >= 0.6 is 0 Å². The second-order valence-electron chi connectivity index (χ2n) is 14.3. The number of rotatable bonds is 36. The van der Waals surface area contributed by atoms with E-state index in [2.05, 4.69) is 55.4 Å². The van der Waals surface area contributed by atoms with E-state index >= 15 is 0 Å². The van der Waals surface area contributed by atoms with E-state index in [1.54, 1.807) is 0 Å². The molecule has 0 aromatic heterocycles. The predicted molar refractivity (Wildman–Crippen MR) is 194 cm³/mol. The zero-order valence-electron chi connectivity index (χ0n) is 32.2. The summed E-state index contributed by atoms with van der Waals surface area (Å²) in [5.74, 6) is 2.24. The fourth-order valence-corrected chi connectivity index (χ4v) is 10.3. The van der Waals surface area contributed by atoms with Crippen LogP contribution < -0.4 is 0 Å². The van der Waals surface area contributed by atoms with Crippen LogP contribution in [0.1, 0.15) is 209 Å². The van der Waals surface area contributed by atoms with Gasteiger partial charge in [0.2, 0.25) is 0 Å². The summed E-state index contributed by atoms with van der Waals surface area (Å²) in [6, 6.07) is 0. The first-order chi connectivity index (χ1) is 22.0. The molecule has 0 fully saturated rings. The molecule has 0 aromatic carbocycles. The van der Waals surface area contributed by atoms with Gasteiger partial charge in [-0.15, -0.1) is 0 Å². The Balaban J connectivity index is 6.21. The Morgan fingerprint density at radius 2 is 0.511 bits per heavy atom. The van der Waals surface area contributed by atoms with Gasteiger partial charge in [0.15, 0.2) is 0 Å². The molecule has 0 N–H and O–H groups in total. The van der Waals surface area contributed by atoms with Crippen molar-refractivity contribution < 1.29 is 31.4 Å². The Morgan fingerprint density at radius 3 is 0.689 bits per heavy atom. The molecule has 0 amide bonds. The fourth-order valence-electron chi connectivity index (χ4n) is 6.74. The SMILES string of the molecule is CCCCCC(CCC)C[O][Ti]([O]CC(CCC)CCCCC)([O]CC(CCC)CCCCC)[O]CC(CCC)CCCCC. The molecule has 4 atom stereocenters. The molecular weight excluding hydrogens is 592 g/mol. The molecule has 0 radical (unpaired) electrons. The summed E-state index contributed by atoms with van der Waals surface area (Å²) in [7, 11) is 0. The van der Waals surface area contributed by atoms with Gasteiger partial charge in [-0.05, 0) is 0 Å². The van der Waals surface area contributed by atoms with Gasteiger partial charge in [-0.2, -0.15) is 0 Å². The predicted octanol–water partition coefficient (Wildman–Crippen LogP) is 13.9. The van der Waals surface area contributed by atoms with Crippen molar-refractivity contribution in [1.82, 2.24) is 0 Å². The average molecular weight is 677 g/mol. The Hall–Kier alpha value is 0.554. The van der Waals surface area contributed by atoms with Crippen LogP contribution in [0, 0.1) is 23.7 Å². The van der Waals surface area contributed by atoms with Crippen molar-refractivity contribution in [2.45, 2.75) is 209 Å². The van der Waals surface area contributed by atoms with Gasteiger partial charge in [-0.25, -0.2) is 0 Å². The minimum absolute atomic E-state index is 0.560. The zero-order valence-corrected chi connectivity index (χ0v) is 33.8. The monoisotopic (exact) mass is 677 g/mol. The first-order valence-electron chi connectivity index (χ1n) is 20.5. The summed E-state index contributed by atoms with van der Waals surface area (Å²) >= 11 is -4.04. The summed E-state index contributed by atoms with van der Waals surface area (Å²) in [5, 5.41) is 0. The number of hydrogen-bond acceptors (Lipinski definition) is 4. The summed E-state index contributed by atoms with van der Waals surface area (Å²) in [4.78, 5) is 0. The van der Waals surface area contributed by atoms with Crippen molar-refractivity contribution in [2.24, 2.45) is 23.7 Å².